The minimum atomic E-state index is -0.257. The first-order chi connectivity index (χ1) is 13.6. The van der Waals surface area contributed by atoms with E-state index < -0.39 is 0 Å². The van der Waals surface area contributed by atoms with Gasteiger partial charge in [-0.3, -0.25) is 4.79 Å². The lowest BCUT2D eigenvalue weighted by Crippen LogP contribution is -2.34. The summed E-state index contributed by atoms with van der Waals surface area (Å²) in [4.78, 5) is 17.0. The predicted octanol–water partition coefficient (Wildman–Crippen LogP) is 4.67. The molecular formula is C21H16FN3OS2. The number of hydrogen-bond acceptors (Lipinski definition) is 5. The number of fused-ring (bicyclic) bond motifs is 1. The fourth-order valence-electron chi connectivity index (χ4n) is 3.24. The van der Waals surface area contributed by atoms with Gasteiger partial charge in [-0.2, -0.15) is 5.26 Å². The quantitative estimate of drug-likeness (QED) is 0.639. The van der Waals surface area contributed by atoms with E-state index in [0.717, 1.165) is 20.2 Å². The molecule has 0 radical (unpaired) electrons. The highest BCUT2D eigenvalue weighted by Gasteiger charge is 2.25. The van der Waals surface area contributed by atoms with Crippen molar-refractivity contribution in [3.8, 4) is 16.5 Å². The Hall–Kier alpha value is -2.95. The molecule has 1 aromatic carbocycles. The van der Waals surface area contributed by atoms with Gasteiger partial charge < -0.3 is 10.6 Å². The lowest BCUT2D eigenvalue weighted by Gasteiger charge is -2.25. The predicted molar refractivity (Wildman–Crippen MR) is 111 cm³/mol. The Labute approximate surface area is 170 Å². The van der Waals surface area contributed by atoms with Crippen molar-refractivity contribution in [2.75, 3.05) is 12.3 Å². The summed E-state index contributed by atoms with van der Waals surface area (Å²) in [6.07, 6.45) is 3.95. The second kappa shape index (κ2) is 7.58. The van der Waals surface area contributed by atoms with E-state index in [1.165, 1.54) is 28.7 Å². The van der Waals surface area contributed by atoms with E-state index in [0.29, 0.717) is 35.6 Å². The zero-order valence-corrected chi connectivity index (χ0v) is 16.4. The Morgan fingerprint density at radius 1 is 1.25 bits per heavy atom. The number of carbonyl (C=O) groups excluding carboxylic acids is 1. The number of nitriles is 1. The highest BCUT2D eigenvalue weighted by molar-refractivity contribution is 7.16. The number of nitrogen functional groups attached to an aromatic ring is 1. The van der Waals surface area contributed by atoms with E-state index in [1.807, 2.05) is 12.1 Å². The first kappa shape index (κ1) is 18.4. The molecule has 0 saturated carbocycles. The van der Waals surface area contributed by atoms with Crippen LogP contribution in [-0.2, 0) is 17.8 Å². The van der Waals surface area contributed by atoms with Crippen molar-refractivity contribution in [3.05, 3.63) is 69.2 Å². The Morgan fingerprint density at radius 3 is 2.86 bits per heavy atom. The molecule has 0 atom stereocenters. The first-order valence-corrected chi connectivity index (χ1v) is 10.3. The summed E-state index contributed by atoms with van der Waals surface area (Å²) < 4.78 is 13.9. The third kappa shape index (κ3) is 3.44. The lowest BCUT2D eigenvalue weighted by molar-refractivity contribution is -0.126. The van der Waals surface area contributed by atoms with Crippen molar-refractivity contribution in [2.45, 2.75) is 13.0 Å². The number of nitrogens with two attached hydrogens (primary N) is 1. The van der Waals surface area contributed by atoms with Crippen LogP contribution in [0, 0.1) is 17.1 Å². The van der Waals surface area contributed by atoms with E-state index in [1.54, 1.807) is 35.3 Å². The number of amides is 1. The Balaban J connectivity index is 1.47. The van der Waals surface area contributed by atoms with Crippen LogP contribution in [-0.4, -0.2) is 17.4 Å². The van der Waals surface area contributed by atoms with E-state index in [-0.39, 0.29) is 11.7 Å². The van der Waals surface area contributed by atoms with Crippen molar-refractivity contribution in [1.82, 2.24) is 4.90 Å². The van der Waals surface area contributed by atoms with Crippen LogP contribution < -0.4 is 5.73 Å². The topological polar surface area (TPSA) is 70.1 Å². The first-order valence-electron chi connectivity index (χ1n) is 8.68. The van der Waals surface area contributed by atoms with Crippen molar-refractivity contribution in [1.29, 1.82) is 5.26 Å². The smallest absolute Gasteiger partial charge is 0.246 e. The van der Waals surface area contributed by atoms with Crippen LogP contribution in [0.25, 0.3) is 16.5 Å². The Bertz CT molecular complexity index is 1120. The van der Waals surface area contributed by atoms with Gasteiger partial charge in [0.2, 0.25) is 5.91 Å². The number of benzene rings is 1. The number of halogens is 1. The van der Waals surface area contributed by atoms with Crippen LogP contribution in [0.5, 0.6) is 0 Å². The Morgan fingerprint density at radius 2 is 2.07 bits per heavy atom. The highest BCUT2D eigenvalue weighted by Crippen LogP contribution is 2.35. The van der Waals surface area contributed by atoms with Crippen LogP contribution in [0.1, 0.15) is 20.9 Å². The summed E-state index contributed by atoms with van der Waals surface area (Å²) in [6.45, 7) is 1.03. The zero-order chi connectivity index (χ0) is 19.7. The van der Waals surface area contributed by atoms with Gasteiger partial charge in [-0.1, -0.05) is 18.2 Å². The molecule has 3 heterocycles. The van der Waals surface area contributed by atoms with E-state index >= 15 is 0 Å². The number of carbonyl (C=O) groups is 1. The summed E-state index contributed by atoms with van der Waals surface area (Å²) in [5.74, 6) is -0.344. The third-order valence-electron chi connectivity index (χ3n) is 4.66. The molecule has 0 saturated heterocycles. The third-order valence-corrected chi connectivity index (χ3v) is 6.79. The maximum atomic E-state index is 13.9. The number of thiophene rings is 2. The number of nitrogens with zero attached hydrogens (tertiary/aromatic N) is 2. The van der Waals surface area contributed by atoms with Gasteiger partial charge in [-0.15, -0.1) is 22.7 Å². The molecule has 2 aromatic heterocycles. The highest BCUT2D eigenvalue weighted by atomic mass is 32.1. The summed E-state index contributed by atoms with van der Waals surface area (Å²) in [5, 5.41) is 9.74. The van der Waals surface area contributed by atoms with Crippen LogP contribution in [0.15, 0.2) is 42.5 Å². The van der Waals surface area contributed by atoms with Gasteiger partial charge in [0.1, 0.15) is 16.9 Å². The molecule has 0 aliphatic carbocycles. The van der Waals surface area contributed by atoms with E-state index in [4.69, 9.17) is 5.73 Å². The van der Waals surface area contributed by atoms with Gasteiger partial charge in [0.15, 0.2) is 0 Å². The molecule has 0 fully saturated rings. The molecule has 0 unspecified atom stereocenters. The standard InChI is InChI=1S/C21H16FN3OS2/c22-17-4-2-1-3-15(17)18-7-5-13(27-18)6-8-20(26)25-10-9-14-16(11-23)21(24)28-19(14)12-25/h1-8H,9-10,12,24H2. The normalized spacial score (nSPS) is 13.5. The second-order valence-electron chi connectivity index (χ2n) is 6.38. The number of anilines is 1. The average molecular weight is 410 g/mol. The second-order valence-corrected chi connectivity index (χ2v) is 8.63. The largest absolute Gasteiger partial charge is 0.389 e. The molecule has 1 amide bonds. The van der Waals surface area contributed by atoms with Crippen LogP contribution >= 0.6 is 22.7 Å². The lowest BCUT2D eigenvalue weighted by atomic mass is 10.0. The molecule has 2 N–H and O–H groups in total. The van der Waals surface area contributed by atoms with Crippen molar-refractivity contribution < 1.29 is 9.18 Å². The molecule has 140 valence electrons. The maximum absolute atomic E-state index is 13.9. The molecule has 28 heavy (non-hydrogen) atoms. The van der Waals surface area contributed by atoms with Gasteiger partial charge in [-0.25, -0.2) is 4.39 Å². The molecule has 4 rings (SSSR count). The molecule has 7 heteroatoms. The summed E-state index contributed by atoms with van der Waals surface area (Å²) in [7, 11) is 0. The van der Waals surface area contributed by atoms with Crippen LogP contribution in [0.4, 0.5) is 9.39 Å². The van der Waals surface area contributed by atoms with E-state index in [9.17, 15) is 14.4 Å². The Kier molecular flexibility index (Phi) is 4.99. The molecule has 3 aromatic rings. The van der Waals surface area contributed by atoms with E-state index in [2.05, 4.69) is 6.07 Å². The maximum Gasteiger partial charge on any atom is 0.246 e. The number of hydrogen-bond donors (Lipinski definition) is 1. The fourth-order valence-corrected chi connectivity index (χ4v) is 5.26. The summed E-state index contributed by atoms with van der Waals surface area (Å²) in [5.41, 5.74) is 8.00. The SMILES string of the molecule is N#Cc1c(N)sc2c1CCN(C(=O)C=Cc1ccc(-c3ccccc3F)s1)C2. The molecule has 4 nitrogen and oxygen atoms in total. The molecule has 0 bridgehead atoms. The van der Waals surface area contributed by atoms with Gasteiger partial charge in [-0.05, 0) is 36.3 Å². The minimum absolute atomic E-state index is 0.0861. The van der Waals surface area contributed by atoms with Crippen molar-refractivity contribution in [2.24, 2.45) is 0 Å². The van der Waals surface area contributed by atoms with Crippen LogP contribution in [0.2, 0.25) is 0 Å². The number of rotatable bonds is 3. The average Bonchev–Trinajstić information content (AvgIpc) is 3.29. The minimum Gasteiger partial charge on any atom is -0.389 e. The van der Waals surface area contributed by atoms with Gasteiger partial charge in [0, 0.05) is 32.8 Å². The zero-order valence-electron chi connectivity index (χ0n) is 14.8. The summed E-state index contributed by atoms with van der Waals surface area (Å²) >= 11 is 2.82. The molecule has 1 aliphatic heterocycles. The van der Waals surface area contributed by atoms with Crippen molar-refractivity contribution in [3.63, 3.8) is 0 Å². The fraction of sp³-hybridized carbons (Fsp3) is 0.143. The van der Waals surface area contributed by atoms with Gasteiger partial charge >= 0.3 is 0 Å². The molecular weight excluding hydrogens is 393 g/mol. The van der Waals surface area contributed by atoms with Gasteiger partial charge in [0.25, 0.3) is 0 Å². The van der Waals surface area contributed by atoms with Gasteiger partial charge in [0.05, 0.1) is 12.1 Å². The summed E-state index contributed by atoms with van der Waals surface area (Å²) in [6, 6.07) is 12.5. The van der Waals surface area contributed by atoms with Crippen LogP contribution in [0.3, 0.4) is 0 Å². The molecule has 1 aliphatic rings. The molecule has 0 spiro atoms. The van der Waals surface area contributed by atoms with Crippen molar-refractivity contribution >= 4 is 39.7 Å². The monoisotopic (exact) mass is 409 g/mol.